The summed E-state index contributed by atoms with van der Waals surface area (Å²) in [6.07, 6.45) is 1.92. The Bertz CT molecular complexity index is 1390. The number of fused-ring (bicyclic) bond motifs is 1. The zero-order valence-corrected chi connectivity index (χ0v) is 19.1. The van der Waals surface area contributed by atoms with Crippen LogP contribution in [-0.4, -0.2) is 22.2 Å². The van der Waals surface area contributed by atoms with Crippen LogP contribution in [0.3, 0.4) is 0 Å². The van der Waals surface area contributed by atoms with Crippen LogP contribution in [0.5, 0.6) is 0 Å². The van der Waals surface area contributed by atoms with Gasteiger partial charge in [0.15, 0.2) is 0 Å². The fourth-order valence-corrected chi connectivity index (χ4v) is 4.82. The minimum atomic E-state index is -0.263. The summed E-state index contributed by atoms with van der Waals surface area (Å²) in [6.45, 7) is 2.66. The van der Waals surface area contributed by atoms with Crippen LogP contribution < -0.4 is 16.6 Å². The molecule has 6 heteroatoms. The molecule has 1 aliphatic heterocycles. The molecule has 0 unspecified atom stereocenters. The Morgan fingerprint density at radius 1 is 0.848 bits per heavy atom. The van der Waals surface area contributed by atoms with Crippen LogP contribution >= 0.6 is 11.6 Å². The molecule has 4 aromatic rings. The van der Waals surface area contributed by atoms with E-state index in [2.05, 4.69) is 29.6 Å². The summed E-state index contributed by atoms with van der Waals surface area (Å²) >= 11 is 6.22. The maximum atomic E-state index is 13.5. The van der Waals surface area contributed by atoms with Crippen molar-refractivity contribution in [2.75, 3.05) is 13.1 Å². The molecule has 5 rings (SSSR count). The molecule has 1 aromatic heterocycles. The van der Waals surface area contributed by atoms with Gasteiger partial charge in [-0.1, -0.05) is 66.2 Å². The average Bonchev–Trinajstić information content (AvgIpc) is 2.86. The number of halogens is 1. The first-order valence-electron chi connectivity index (χ1n) is 11.4. The summed E-state index contributed by atoms with van der Waals surface area (Å²) in [7, 11) is 0. The fourth-order valence-electron chi connectivity index (χ4n) is 4.65. The van der Waals surface area contributed by atoms with E-state index in [4.69, 9.17) is 11.6 Å². The molecule has 168 valence electrons. The van der Waals surface area contributed by atoms with Crippen molar-refractivity contribution in [1.29, 1.82) is 0 Å². The highest BCUT2D eigenvalue weighted by atomic mass is 35.5. The highest BCUT2D eigenvalue weighted by Gasteiger charge is 2.19. The van der Waals surface area contributed by atoms with Crippen molar-refractivity contribution in [1.82, 2.24) is 14.5 Å². The molecule has 0 amide bonds. The average molecular weight is 460 g/mol. The molecule has 0 spiro atoms. The van der Waals surface area contributed by atoms with Gasteiger partial charge in [0.05, 0.1) is 17.4 Å². The molecule has 33 heavy (non-hydrogen) atoms. The number of piperidine rings is 1. The van der Waals surface area contributed by atoms with Crippen molar-refractivity contribution in [2.24, 2.45) is 5.92 Å². The number of benzene rings is 3. The first-order chi connectivity index (χ1) is 16.1. The predicted octanol–water partition coefficient (Wildman–Crippen LogP) is 4.53. The summed E-state index contributed by atoms with van der Waals surface area (Å²) < 4.78 is 3.11. The Labute approximate surface area is 197 Å². The van der Waals surface area contributed by atoms with Crippen molar-refractivity contribution >= 4 is 22.5 Å². The molecular formula is C27H26ClN3O2. The summed E-state index contributed by atoms with van der Waals surface area (Å²) in [4.78, 5) is 26.8. The van der Waals surface area contributed by atoms with Gasteiger partial charge in [0.2, 0.25) is 0 Å². The van der Waals surface area contributed by atoms with Crippen molar-refractivity contribution < 1.29 is 0 Å². The lowest BCUT2D eigenvalue weighted by Gasteiger charge is -2.23. The highest BCUT2D eigenvalue weighted by Crippen LogP contribution is 2.21. The lowest BCUT2D eigenvalue weighted by Crippen LogP contribution is -2.43. The van der Waals surface area contributed by atoms with Gasteiger partial charge in [-0.2, -0.15) is 0 Å². The van der Waals surface area contributed by atoms with E-state index in [1.54, 1.807) is 22.8 Å². The largest absolute Gasteiger partial charge is 0.331 e. The van der Waals surface area contributed by atoms with Gasteiger partial charge in [-0.05, 0) is 66.7 Å². The van der Waals surface area contributed by atoms with Crippen LogP contribution in [0.15, 0.2) is 82.4 Å². The second-order valence-corrected chi connectivity index (χ2v) is 9.14. The fraction of sp³-hybridized carbons (Fsp3) is 0.259. The molecule has 0 bridgehead atoms. The minimum absolute atomic E-state index is 0.258. The number of nitrogens with zero attached hydrogens (tertiary/aromatic N) is 2. The molecule has 0 aliphatic carbocycles. The van der Waals surface area contributed by atoms with Gasteiger partial charge in [-0.15, -0.1) is 0 Å². The Morgan fingerprint density at radius 2 is 1.55 bits per heavy atom. The van der Waals surface area contributed by atoms with E-state index in [0.29, 0.717) is 34.9 Å². The highest BCUT2D eigenvalue weighted by molar-refractivity contribution is 6.31. The van der Waals surface area contributed by atoms with Crippen LogP contribution in [0.25, 0.3) is 22.0 Å². The molecular weight excluding hydrogens is 434 g/mol. The summed E-state index contributed by atoms with van der Waals surface area (Å²) in [6, 6.07) is 23.6. The molecule has 0 saturated carbocycles. The quantitative estimate of drug-likeness (QED) is 0.477. The molecule has 3 aromatic carbocycles. The Balaban J connectivity index is 1.55. The third kappa shape index (κ3) is 4.52. The topological polar surface area (TPSA) is 56.0 Å². The SMILES string of the molecule is O=c1c2cc(Cl)ccc2n(Cc2ccc(-c3ccccc3)cc2)c(=O)n1CC1CCNCC1. The van der Waals surface area contributed by atoms with E-state index < -0.39 is 0 Å². The van der Waals surface area contributed by atoms with Crippen LogP contribution in [0, 0.1) is 5.92 Å². The molecule has 1 N–H and O–H groups in total. The monoisotopic (exact) mass is 459 g/mol. The summed E-state index contributed by atoms with van der Waals surface area (Å²) in [5, 5.41) is 4.31. The lowest BCUT2D eigenvalue weighted by molar-refractivity contribution is 0.323. The van der Waals surface area contributed by atoms with Crippen LogP contribution in [0.1, 0.15) is 18.4 Å². The molecule has 2 heterocycles. The first-order valence-corrected chi connectivity index (χ1v) is 11.8. The number of rotatable bonds is 5. The third-order valence-electron chi connectivity index (χ3n) is 6.49. The van der Waals surface area contributed by atoms with Crippen LogP contribution in [0.2, 0.25) is 5.02 Å². The van der Waals surface area contributed by atoms with Gasteiger partial charge in [0.1, 0.15) is 0 Å². The van der Waals surface area contributed by atoms with E-state index in [-0.39, 0.29) is 11.2 Å². The van der Waals surface area contributed by atoms with Crippen molar-refractivity contribution in [3.63, 3.8) is 0 Å². The zero-order chi connectivity index (χ0) is 22.8. The summed E-state index contributed by atoms with van der Waals surface area (Å²) in [5.74, 6) is 0.312. The van der Waals surface area contributed by atoms with Gasteiger partial charge < -0.3 is 5.32 Å². The molecule has 1 aliphatic rings. The van der Waals surface area contributed by atoms with Crippen molar-refractivity contribution in [2.45, 2.75) is 25.9 Å². The Morgan fingerprint density at radius 3 is 2.27 bits per heavy atom. The summed E-state index contributed by atoms with van der Waals surface area (Å²) in [5.41, 5.74) is 3.37. The number of aromatic nitrogens is 2. The zero-order valence-electron chi connectivity index (χ0n) is 18.3. The minimum Gasteiger partial charge on any atom is -0.317 e. The van der Waals surface area contributed by atoms with E-state index in [9.17, 15) is 9.59 Å². The Hall–Kier alpha value is -3.15. The van der Waals surface area contributed by atoms with Gasteiger partial charge in [-0.25, -0.2) is 4.79 Å². The molecule has 1 fully saturated rings. The van der Waals surface area contributed by atoms with Gasteiger partial charge in [0.25, 0.3) is 5.56 Å². The second kappa shape index (κ2) is 9.38. The molecule has 1 saturated heterocycles. The van der Waals surface area contributed by atoms with Crippen molar-refractivity contribution in [3.05, 3.63) is 104 Å². The Kier molecular flexibility index (Phi) is 6.16. The van der Waals surface area contributed by atoms with E-state index in [0.717, 1.165) is 42.6 Å². The van der Waals surface area contributed by atoms with E-state index in [1.807, 2.05) is 30.3 Å². The van der Waals surface area contributed by atoms with Gasteiger partial charge in [0, 0.05) is 11.6 Å². The van der Waals surface area contributed by atoms with Gasteiger partial charge >= 0.3 is 5.69 Å². The predicted molar refractivity (Wildman–Crippen MR) is 134 cm³/mol. The van der Waals surface area contributed by atoms with E-state index >= 15 is 0 Å². The number of nitrogens with one attached hydrogen (secondary N) is 1. The van der Waals surface area contributed by atoms with Crippen LogP contribution in [0.4, 0.5) is 0 Å². The molecule has 5 nitrogen and oxygen atoms in total. The maximum Gasteiger partial charge on any atom is 0.331 e. The second-order valence-electron chi connectivity index (χ2n) is 8.70. The normalized spacial score (nSPS) is 14.6. The third-order valence-corrected chi connectivity index (χ3v) is 6.72. The number of hydrogen-bond acceptors (Lipinski definition) is 3. The standard InChI is InChI=1S/C27H26ClN3O2/c28-23-10-11-25-24(16-23)26(32)31(18-20-12-14-29-15-13-20)27(33)30(25)17-19-6-8-22(9-7-19)21-4-2-1-3-5-21/h1-11,16,20,29H,12-15,17-18H2. The first kappa shape index (κ1) is 21.7. The molecule has 0 atom stereocenters. The van der Waals surface area contributed by atoms with Crippen LogP contribution in [-0.2, 0) is 13.1 Å². The maximum absolute atomic E-state index is 13.5. The number of hydrogen-bond donors (Lipinski definition) is 1. The van der Waals surface area contributed by atoms with Crippen molar-refractivity contribution in [3.8, 4) is 11.1 Å². The smallest absolute Gasteiger partial charge is 0.317 e. The molecule has 0 radical (unpaired) electrons. The lowest BCUT2D eigenvalue weighted by atomic mass is 9.98. The van der Waals surface area contributed by atoms with E-state index in [1.165, 1.54) is 4.57 Å². The van der Waals surface area contributed by atoms with Gasteiger partial charge in [-0.3, -0.25) is 13.9 Å².